The largest absolute Gasteiger partial charge is 0.451 e. The second-order valence-electron chi connectivity index (χ2n) is 7.70. The van der Waals surface area contributed by atoms with Crippen molar-refractivity contribution in [2.24, 2.45) is 5.92 Å². The molecule has 1 saturated heterocycles. The van der Waals surface area contributed by atoms with Crippen LogP contribution in [0.4, 0.5) is 0 Å². The van der Waals surface area contributed by atoms with Crippen molar-refractivity contribution < 1.29 is 27.5 Å². The van der Waals surface area contributed by atoms with Crippen LogP contribution in [0.3, 0.4) is 0 Å². The molecule has 1 fully saturated rings. The lowest BCUT2D eigenvalue weighted by atomic mass is 10.0. The number of esters is 1. The average Bonchev–Trinajstić information content (AvgIpc) is 2.97. The van der Waals surface area contributed by atoms with Gasteiger partial charge < -0.3 is 15.4 Å². The Labute approximate surface area is 171 Å². The van der Waals surface area contributed by atoms with Crippen LogP contribution < -0.4 is 10.6 Å². The molecule has 2 amide bonds. The maximum Gasteiger partial charge on any atom is 0.329 e. The molecule has 0 aliphatic carbocycles. The molecular formula is C20H28N2O6S. The van der Waals surface area contributed by atoms with E-state index in [1.54, 1.807) is 39.0 Å². The Morgan fingerprint density at radius 1 is 1.14 bits per heavy atom. The molecule has 8 nitrogen and oxygen atoms in total. The second kappa shape index (κ2) is 9.39. The predicted octanol–water partition coefficient (Wildman–Crippen LogP) is 0.984. The van der Waals surface area contributed by atoms with Crippen molar-refractivity contribution in [2.75, 3.05) is 11.5 Å². The number of carbonyl (C=O) groups is 3. The number of benzene rings is 1. The fourth-order valence-electron chi connectivity index (χ4n) is 3.07. The number of hydrogen-bond acceptors (Lipinski definition) is 6. The minimum absolute atomic E-state index is 0.0342. The van der Waals surface area contributed by atoms with Crippen molar-refractivity contribution in [2.45, 2.75) is 52.3 Å². The number of ether oxygens (including phenoxy) is 1. The molecule has 1 aromatic rings. The molecule has 160 valence electrons. The monoisotopic (exact) mass is 424 g/mol. The van der Waals surface area contributed by atoms with E-state index in [4.69, 9.17) is 4.74 Å². The van der Waals surface area contributed by atoms with Gasteiger partial charge in [0, 0.05) is 11.6 Å². The maximum atomic E-state index is 12.6. The van der Waals surface area contributed by atoms with E-state index < -0.39 is 45.8 Å². The first-order valence-corrected chi connectivity index (χ1v) is 11.4. The van der Waals surface area contributed by atoms with Crippen LogP contribution >= 0.6 is 0 Å². The lowest BCUT2D eigenvalue weighted by Crippen LogP contribution is -2.48. The number of sulfone groups is 1. The maximum absolute atomic E-state index is 12.6. The summed E-state index contributed by atoms with van der Waals surface area (Å²) in [7, 11) is -3.13. The summed E-state index contributed by atoms with van der Waals surface area (Å²) in [4.78, 5) is 37.4. The number of nitrogens with one attached hydrogen (secondary N) is 2. The van der Waals surface area contributed by atoms with E-state index in [-0.39, 0.29) is 17.4 Å². The van der Waals surface area contributed by atoms with Gasteiger partial charge in [-0.3, -0.25) is 9.59 Å². The third-order valence-electron chi connectivity index (χ3n) is 4.84. The molecule has 0 saturated carbocycles. The molecule has 0 bridgehead atoms. The molecule has 2 rings (SSSR count). The zero-order valence-electron chi connectivity index (χ0n) is 17.1. The highest BCUT2D eigenvalue weighted by Gasteiger charge is 2.33. The average molecular weight is 425 g/mol. The van der Waals surface area contributed by atoms with Crippen molar-refractivity contribution >= 4 is 27.6 Å². The zero-order valence-corrected chi connectivity index (χ0v) is 17.9. The van der Waals surface area contributed by atoms with Gasteiger partial charge in [-0.25, -0.2) is 13.2 Å². The number of carbonyl (C=O) groups excluding carboxylic acids is 3. The molecule has 9 heteroatoms. The van der Waals surface area contributed by atoms with Crippen molar-refractivity contribution in [1.82, 2.24) is 10.6 Å². The van der Waals surface area contributed by atoms with E-state index >= 15 is 0 Å². The van der Waals surface area contributed by atoms with Crippen LogP contribution in [0.1, 0.15) is 43.1 Å². The van der Waals surface area contributed by atoms with Crippen LogP contribution in [0.2, 0.25) is 0 Å². The van der Waals surface area contributed by atoms with Gasteiger partial charge in [-0.05, 0) is 37.8 Å². The Kier molecular flexibility index (Phi) is 7.40. The molecule has 0 unspecified atom stereocenters. The molecule has 29 heavy (non-hydrogen) atoms. The van der Waals surface area contributed by atoms with Crippen LogP contribution in [0.25, 0.3) is 0 Å². The summed E-state index contributed by atoms with van der Waals surface area (Å²) in [5.41, 5.74) is 1.24. The highest BCUT2D eigenvalue weighted by molar-refractivity contribution is 7.91. The third-order valence-corrected chi connectivity index (χ3v) is 6.61. The predicted molar refractivity (Wildman–Crippen MR) is 108 cm³/mol. The highest BCUT2D eigenvalue weighted by Crippen LogP contribution is 2.13. The fourth-order valence-corrected chi connectivity index (χ4v) is 4.75. The van der Waals surface area contributed by atoms with Crippen LogP contribution in [0, 0.1) is 12.8 Å². The summed E-state index contributed by atoms with van der Waals surface area (Å²) in [6.45, 7) is 6.74. The standard InChI is InChI=1S/C20H28N2O6S/c1-12(2)17(22-19(24)16-8-6-5-7-13(16)3)20(25)28-14(4)18(23)21-15-9-10-29(26,27)11-15/h5-8,12,14-15,17H,9-11H2,1-4H3,(H,21,23)(H,22,24)/t14-,15-,17-/m0/s1. The Morgan fingerprint density at radius 3 is 2.34 bits per heavy atom. The van der Waals surface area contributed by atoms with Crippen LogP contribution in [-0.4, -0.2) is 55.9 Å². The summed E-state index contributed by atoms with van der Waals surface area (Å²) in [5.74, 6) is -2.01. The van der Waals surface area contributed by atoms with Gasteiger partial charge in [-0.2, -0.15) is 0 Å². The van der Waals surface area contributed by atoms with Crippen LogP contribution in [0.5, 0.6) is 0 Å². The SMILES string of the molecule is Cc1ccccc1C(=O)N[C@H](C(=O)O[C@@H](C)C(=O)N[C@H]1CCS(=O)(=O)C1)C(C)C. The summed E-state index contributed by atoms with van der Waals surface area (Å²) in [5, 5.41) is 5.28. The molecule has 2 N–H and O–H groups in total. The van der Waals surface area contributed by atoms with E-state index in [9.17, 15) is 22.8 Å². The molecule has 1 heterocycles. The number of amides is 2. The van der Waals surface area contributed by atoms with E-state index in [0.717, 1.165) is 5.56 Å². The van der Waals surface area contributed by atoms with Crippen molar-refractivity contribution in [1.29, 1.82) is 0 Å². The molecule has 3 atom stereocenters. The Morgan fingerprint density at radius 2 is 1.79 bits per heavy atom. The Balaban J connectivity index is 1.97. The Bertz CT molecular complexity index is 881. The molecule has 0 aromatic heterocycles. The molecule has 0 spiro atoms. The van der Waals surface area contributed by atoms with Gasteiger partial charge in [0.1, 0.15) is 6.04 Å². The van der Waals surface area contributed by atoms with Gasteiger partial charge in [-0.1, -0.05) is 32.0 Å². The first kappa shape index (κ1) is 22.9. The molecule has 0 radical (unpaired) electrons. The van der Waals surface area contributed by atoms with E-state index in [2.05, 4.69) is 10.6 Å². The summed E-state index contributed by atoms with van der Waals surface area (Å²) >= 11 is 0. The van der Waals surface area contributed by atoms with E-state index in [1.165, 1.54) is 6.92 Å². The fraction of sp³-hybridized carbons (Fsp3) is 0.550. The quantitative estimate of drug-likeness (QED) is 0.630. The van der Waals surface area contributed by atoms with Gasteiger partial charge in [0.05, 0.1) is 11.5 Å². The first-order chi connectivity index (χ1) is 13.5. The van der Waals surface area contributed by atoms with Crippen molar-refractivity contribution in [3.05, 3.63) is 35.4 Å². The summed E-state index contributed by atoms with van der Waals surface area (Å²) < 4.78 is 28.3. The Hall–Kier alpha value is -2.42. The molecule has 1 aliphatic rings. The molecular weight excluding hydrogens is 396 g/mol. The molecule has 1 aromatic carbocycles. The minimum Gasteiger partial charge on any atom is -0.451 e. The number of rotatable bonds is 7. The van der Waals surface area contributed by atoms with E-state index in [1.807, 2.05) is 6.07 Å². The van der Waals surface area contributed by atoms with Crippen molar-refractivity contribution in [3.8, 4) is 0 Å². The summed E-state index contributed by atoms with van der Waals surface area (Å²) in [6, 6.07) is 5.61. The van der Waals surface area contributed by atoms with Crippen molar-refractivity contribution in [3.63, 3.8) is 0 Å². The molecule has 1 aliphatic heterocycles. The smallest absolute Gasteiger partial charge is 0.329 e. The van der Waals surface area contributed by atoms with Gasteiger partial charge in [0.25, 0.3) is 11.8 Å². The minimum atomic E-state index is -3.13. The number of aryl methyl sites for hydroxylation is 1. The van der Waals surface area contributed by atoms with Gasteiger partial charge in [0.2, 0.25) is 0 Å². The lowest BCUT2D eigenvalue weighted by molar-refractivity contribution is -0.157. The van der Waals surface area contributed by atoms with E-state index in [0.29, 0.717) is 12.0 Å². The van der Waals surface area contributed by atoms with Crippen LogP contribution in [0.15, 0.2) is 24.3 Å². The first-order valence-electron chi connectivity index (χ1n) is 9.58. The zero-order chi connectivity index (χ0) is 21.8. The lowest BCUT2D eigenvalue weighted by Gasteiger charge is -2.23. The topological polar surface area (TPSA) is 119 Å². The number of hydrogen-bond donors (Lipinski definition) is 2. The normalized spacial score (nSPS) is 20.0. The summed E-state index contributed by atoms with van der Waals surface area (Å²) in [6.07, 6.45) is -0.766. The van der Waals surface area contributed by atoms with Crippen LogP contribution in [-0.2, 0) is 24.2 Å². The highest BCUT2D eigenvalue weighted by atomic mass is 32.2. The van der Waals surface area contributed by atoms with Gasteiger partial charge >= 0.3 is 5.97 Å². The third kappa shape index (κ3) is 6.28. The second-order valence-corrected chi connectivity index (χ2v) is 9.93. The van der Waals surface area contributed by atoms with Gasteiger partial charge in [-0.15, -0.1) is 0 Å². The van der Waals surface area contributed by atoms with Gasteiger partial charge in [0.15, 0.2) is 15.9 Å².